The van der Waals surface area contributed by atoms with Gasteiger partial charge in [0.2, 0.25) is 11.9 Å². The normalized spacial score (nSPS) is 10.6. The average Bonchev–Trinajstić information content (AvgIpc) is 3.28. The third-order valence-electron chi connectivity index (χ3n) is 5.61. The van der Waals surface area contributed by atoms with Crippen molar-refractivity contribution in [2.75, 3.05) is 10.6 Å². The Morgan fingerprint density at radius 2 is 1.69 bits per heavy atom. The van der Waals surface area contributed by atoms with E-state index in [9.17, 15) is 10.1 Å². The molecule has 0 aliphatic carbocycles. The van der Waals surface area contributed by atoms with Crippen molar-refractivity contribution in [2.45, 2.75) is 13.3 Å². The number of pyridine rings is 1. The van der Waals surface area contributed by atoms with Crippen molar-refractivity contribution in [3.8, 4) is 17.2 Å². The maximum atomic E-state index is 12.4. The van der Waals surface area contributed by atoms with E-state index in [0.717, 1.165) is 22.4 Å². The minimum absolute atomic E-state index is 0.0522. The lowest BCUT2D eigenvalue weighted by Crippen LogP contribution is -2.14. The molecule has 5 rings (SSSR count). The van der Waals surface area contributed by atoms with Crippen LogP contribution < -0.4 is 10.6 Å². The third kappa shape index (κ3) is 5.02. The van der Waals surface area contributed by atoms with Gasteiger partial charge in [-0.1, -0.05) is 54.1 Å². The van der Waals surface area contributed by atoms with Crippen LogP contribution in [0.5, 0.6) is 0 Å². The zero-order valence-corrected chi connectivity index (χ0v) is 19.1. The van der Waals surface area contributed by atoms with Crippen molar-refractivity contribution in [1.29, 1.82) is 5.26 Å². The smallest absolute Gasteiger partial charge is 0.247 e. The summed E-state index contributed by atoms with van der Waals surface area (Å²) in [4.78, 5) is 16.9. The van der Waals surface area contributed by atoms with E-state index in [2.05, 4.69) is 26.8 Å². The van der Waals surface area contributed by atoms with Crippen LogP contribution in [0.4, 0.5) is 17.3 Å². The molecule has 1 amide bonds. The van der Waals surface area contributed by atoms with Crippen molar-refractivity contribution < 1.29 is 4.79 Å². The van der Waals surface area contributed by atoms with Crippen LogP contribution >= 0.6 is 0 Å². The van der Waals surface area contributed by atoms with E-state index in [-0.39, 0.29) is 5.91 Å². The summed E-state index contributed by atoms with van der Waals surface area (Å²) in [5, 5.41) is 19.8. The topological polar surface area (TPSA) is 95.1 Å². The number of rotatable bonds is 6. The first-order valence-corrected chi connectivity index (χ1v) is 11.2. The second-order valence-electron chi connectivity index (χ2n) is 8.23. The second kappa shape index (κ2) is 9.49. The van der Waals surface area contributed by atoms with Crippen LogP contribution in [-0.2, 0) is 11.2 Å². The van der Waals surface area contributed by atoms with Gasteiger partial charge in [0.25, 0.3) is 0 Å². The molecule has 0 aliphatic heterocycles. The van der Waals surface area contributed by atoms with Crippen molar-refractivity contribution in [2.24, 2.45) is 0 Å². The lowest BCUT2D eigenvalue weighted by molar-refractivity contribution is -0.115. The van der Waals surface area contributed by atoms with Gasteiger partial charge in [-0.2, -0.15) is 10.2 Å². The fraction of sp³-hybridized carbons (Fsp3) is 0.0714. The molecule has 5 aromatic rings. The maximum absolute atomic E-state index is 12.4. The Hall–Kier alpha value is -4.96. The molecule has 0 atom stereocenters. The van der Waals surface area contributed by atoms with E-state index in [1.165, 1.54) is 5.56 Å². The summed E-state index contributed by atoms with van der Waals surface area (Å²) < 4.78 is 1.70. The van der Waals surface area contributed by atoms with Gasteiger partial charge in [-0.15, -0.1) is 5.10 Å². The van der Waals surface area contributed by atoms with E-state index in [0.29, 0.717) is 29.3 Å². The molecule has 2 N–H and O–H groups in total. The van der Waals surface area contributed by atoms with Crippen molar-refractivity contribution in [1.82, 2.24) is 14.6 Å². The molecule has 2 aromatic heterocycles. The molecular weight excluding hydrogens is 436 g/mol. The number of nitrogens with one attached hydrogen (secondary N) is 2. The summed E-state index contributed by atoms with van der Waals surface area (Å²) in [6, 6.07) is 28.9. The molecule has 0 radical (unpaired) electrons. The van der Waals surface area contributed by atoms with E-state index < -0.39 is 0 Å². The van der Waals surface area contributed by atoms with Gasteiger partial charge in [-0.3, -0.25) is 4.79 Å². The van der Waals surface area contributed by atoms with Gasteiger partial charge in [-0.25, -0.2) is 4.52 Å². The number of carbonyl (C=O) groups is 1. The first-order chi connectivity index (χ1) is 17.1. The van der Waals surface area contributed by atoms with Crippen molar-refractivity contribution in [3.05, 3.63) is 108 Å². The van der Waals surface area contributed by atoms with Crippen LogP contribution in [0.3, 0.4) is 0 Å². The van der Waals surface area contributed by atoms with E-state index in [1.807, 2.05) is 92.0 Å². The zero-order chi connectivity index (χ0) is 24.2. The standard InChI is InChI=1S/C28H22N6O/c1-19-6-8-20(9-7-19)16-27(35)30-24-13-10-21(11-14-24)23-12-15-26-32-28(33-34(26)18-23)31-25-5-3-2-4-22(25)17-29/h2-15,18H,16H2,1H3,(H,30,35)(H,31,33). The highest BCUT2D eigenvalue weighted by Crippen LogP contribution is 2.23. The average molecular weight is 459 g/mol. The first kappa shape index (κ1) is 21.9. The van der Waals surface area contributed by atoms with Crippen LogP contribution in [0.1, 0.15) is 16.7 Å². The summed E-state index contributed by atoms with van der Waals surface area (Å²) in [5.41, 5.74) is 6.72. The number of nitriles is 1. The molecule has 0 aliphatic rings. The van der Waals surface area contributed by atoms with Gasteiger partial charge in [0, 0.05) is 17.4 Å². The van der Waals surface area contributed by atoms with E-state index in [1.54, 1.807) is 10.6 Å². The summed E-state index contributed by atoms with van der Waals surface area (Å²) in [6.45, 7) is 2.03. The van der Waals surface area contributed by atoms with Crippen LogP contribution in [-0.4, -0.2) is 20.5 Å². The molecule has 0 bridgehead atoms. The van der Waals surface area contributed by atoms with E-state index in [4.69, 9.17) is 0 Å². The van der Waals surface area contributed by atoms with Gasteiger partial charge in [0.15, 0.2) is 5.65 Å². The van der Waals surface area contributed by atoms with Crippen molar-refractivity contribution in [3.63, 3.8) is 0 Å². The SMILES string of the molecule is Cc1ccc(CC(=O)Nc2ccc(-c3ccc4nc(Nc5ccccc5C#N)nn4c3)cc2)cc1. The molecule has 35 heavy (non-hydrogen) atoms. The highest BCUT2D eigenvalue weighted by molar-refractivity contribution is 5.92. The highest BCUT2D eigenvalue weighted by Gasteiger charge is 2.09. The van der Waals surface area contributed by atoms with Crippen molar-refractivity contribution >= 4 is 28.9 Å². The summed E-state index contributed by atoms with van der Waals surface area (Å²) in [5.74, 6) is 0.361. The summed E-state index contributed by atoms with van der Waals surface area (Å²) in [6.07, 6.45) is 2.23. The fourth-order valence-corrected chi connectivity index (χ4v) is 3.76. The number of anilines is 3. The van der Waals surface area contributed by atoms with Gasteiger partial charge in [-0.05, 0) is 54.4 Å². The number of aryl methyl sites for hydroxylation is 1. The van der Waals surface area contributed by atoms with Crippen LogP contribution in [0.2, 0.25) is 0 Å². The Morgan fingerprint density at radius 3 is 2.46 bits per heavy atom. The molecule has 170 valence electrons. The monoisotopic (exact) mass is 458 g/mol. The molecule has 3 aromatic carbocycles. The predicted molar refractivity (Wildman–Crippen MR) is 136 cm³/mol. The molecule has 7 nitrogen and oxygen atoms in total. The van der Waals surface area contributed by atoms with Crippen LogP contribution in [0, 0.1) is 18.3 Å². The van der Waals surface area contributed by atoms with E-state index >= 15 is 0 Å². The Balaban J connectivity index is 1.29. The molecule has 0 unspecified atom stereocenters. The third-order valence-corrected chi connectivity index (χ3v) is 5.61. The summed E-state index contributed by atoms with van der Waals surface area (Å²) >= 11 is 0. The number of hydrogen-bond donors (Lipinski definition) is 2. The molecular formula is C28H22N6O. The minimum atomic E-state index is -0.0522. The van der Waals surface area contributed by atoms with Crippen LogP contribution in [0.15, 0.2) is 91.1 Å². The number of para-hydroxylation sites is 1. The Labute approximate surface area is 202 Å². The van der Waals surface area contributed by atoms with Gasteiger partial charge >= 0.3 is 0 Å². The number of carbonyl (C=O) groups excluding carboxylic acids is 1. The Kier molecular flexibility index (Phi) is 5.93. The lowest BCUT2D eigenvalue weighted by Gasteiger charge is -2.07. The number of aromatic nitrogens is 3. The zero-order valence-electron chi connectivity index (χ0n) is 19.1. The maximum Gasteiger partial charge on any atom is 0.247 e. The van der Waals surface area contributed by atoms with Crippen LogP contribution in [0.25, 0.3) is 16.8 Å². The number of fused-ring (bicyclic) bond motifs is 1. The quantitative estimate of drug-likeness (QED) is 0.350. The number of benzene rings is 3. The molecule has 7 heteroatoms. The molecule has 0 spiro atoms. The lowest BCUT2D eigenvalue weighted by atomic mass is 10.1. The fourth-order valence-electron chi connectivity index (χ4n) is 3.76. The van der Waals surface area contributed by atoms with Gasteiger partial charge in [0.05, 0.1) is 17.7 Å². The molecule has 2 heterocycles. The number of hydrogen-bond acceptors (Lipinski definition) is 5. The minimum Gasteiger partial charge on any atom is -0.326 e. The molecule has 0 saturated heterocycles. The Morgan fingerprint density at radius 1 is 0.943 bits per heavy atom. The first-order valence-electron chi connectivity index (χ1n) is 11.2. The van der Waals surface area contributed by atoms with Gasteiger partial charge < -0.3 is 10.6 Å². The largest absolute Gasteiger partial charge is 0.326 e. The molecule has 0 saturated carbocycles. The predicted octanol–water partition coefficient (Wildman–Crippen LogP) is 5.50. The summed E-state index contributed by atoms with van der Waals surface area (Å²) in [7, 11) is 0. The molecule has 0 fully saturated rings. The van der Waals surface area contributed by atoms with Gasteiger partial charge in [0.1, 0.15) is 6.07 Å². The Bertz CT molecular complexity index is 1550. The number of amides is 1. The number of nitrogens with zero attached hydrogens (tertiary/aromatic N) is 4. The highest BCUT2D eigenvalue weighted by atomic mass is 16.1. The second-order valence-corrected chi connectivity index (χ2v) is 8.23.